The fraction of sp³-hybridized carbons (Fsp3) is 0.471. The molecule has 24 heavy (non-hydrogen) atoms. The van der Waals surface area contributed by atoms with Crippen LogP contribution in [0, 0.1) is 6.92 Å². The number of carbonyl (C=O) groups excluding carboxylic acids is 1. The van der Waals surface area contributed by atoms with Crippen molar-refractivity contribution in [2.45, 2.75) is 51.8 Å². The Labute approximate surface area is 140 Å². The van der Waals surface area contributed by atoms with Gasteiger partial charge in [-0.05, 0) is 39.2 Å². The van der Waals surface area contributed by atoms with E-state index in [4.69, 9.17) is 4.74 Å². The summed E-state index contributed by atoms with van der Waals surface area (Å²) in [5, 5.41) is 7.23. The lowest BCUT2D eigenvalue weighted by Gasteiger charge is -2.22. The number of pyridine rings is 1. The lowest BCUT2D eigenvalue weighted by atomic mass is 10.1. The van der Waals surface area contributed by atoms with Crippen molar-refractivity contribution in [2.24, 2.45) is 0 Å². The normalized spacial score (nSPS) is 20.1. The SMILES string of the molecule is CCn1cc(O[C@@H]2CCC[C@@H]2NC(=O)c2ccc(=O)[nH]c2C)cn1. The predicted octanol–water partition coefficient (Wildman–Crippen LogP) is 1.63. The second-order valence-electron chi connectivity index (χ2n) is 6.06. The number of carbonyl (C=O) groups is 1. The number of nitrogens with zero attached hydrogens (tertiary/aromatic N) is 2. The van der Waals surface area contributed by atoms with Crippen molar-refractivity contribution in [1.29, 1.82) is 0 Å². The Balaban J connectivity index is 1.66. The van der Waals surface area contributed by atoms with Crippen molar-refractivity contribution in [3.8, 4) is 5.75 Å². The highest BCUT2D eigenvalue weighted by molar-refractivity contribution is 5.95. The van der Waals surface area contributed by atoms with Crippen molar-refractivity contribution >= 4 is 5.91 Å². The monoisotopic (exact) mass is 330 g/mol. The molecule has 0 unspecified atom stereocenters. The second-order valence-corrected chi connectivity index (χ2v) is 6.06. The van der Waals surface area contributed by atoms with E-state index in [1.807, 2.05) is 17.8 Å². The third-order valence-corrected chi connectivity index (χ3v) is 4.35. The van der Waals surface area contributed by atoms with Gasteiger partial charge in [0.2, 0.25) is 5.56 Å². The average Bonchev–Trinajstić information content (AvgIpc) is 3.17. The molecule has 7 heteroatoms. The van der Waals surface area contributed by atoms with E-state index in [0.717, 1.165) is 31.6 Å². The molecule has 3 rings (SSSR count). The molecular formula is C17H22N4O3. The van der Waals surface area contributed by atoms with Gasteiger partial charge in [-0.3, -0.25) is 14.3 Å². The minimum absolute atomic E-state index is 0.0474. The molecule has 0 saturated heterocycles. The van der Waals surface area contributed by atoms with E-state index in [-0.39, 0.29) is 23.6 Å². The molecule has 0 radical (unpaired) electrons. The molecule has 0 bridgehead atoms. The maximum atomic E-state index is 12.5. The van der Waals surface area contributed by atoms with Crippen molar-refractivity contribution < 1.29 is 9.53 Å². The average molecular weight is 330 g/mol. The summed E-state index contributed by atoms with van der Waals surface area (Å²) in [6.45, 7) is 4.53. The maximum absolute atomic E-state index is 12.5. The number of aromatic amines is 1. The Hall–Kier alpha value is -2.57. The number of H-pyrrole nitrogens is 1. The quantitative estimate of drug-likeness (QED) is 0.872. The van der Waals surface area contributed by atoms with Gasteiger partial charge in [0.1, 0.15) is 6.10 Å². The van der Waals surface area contributed by atoms with Gasteiger partial charge >= 0.3 is 0 Å². The van der Waals surface area contributed by atoms with Crippen molar-refractivity contribution in [1.82, 2.24) is 20.1 Å². The molecule has 2 aromatic rings. The van der Waals surface area contributed by atoms with Gasteiger partial charge in [0, 0.05) is 18.3 Å². The molecule has 0 aromatic carbocycles. The third kappa shape index (κ3) is 3.50. The Bertz CT molecular complexity index is 780. The maximum Gasteiger partial charge on any atom is 0.253 e. The highest BCUT2D eigenvalue weighted by atomic mass is 16.5. The molecule has 2 N–H and O–H groups in total. The zero-order valence-corrected chi connectivity index (χ0v) is 13.9. The summed E-state index contributed by atoms with van der Waals surface area (Å²) in [5.74, 6) is 0.539. The number of aryl methyl sites for hydroxylation is 2. The number of amides is 1. The lowest BCUT2D eigenvalue weighted by Crippen LogP contribution is -2.42. The van der Waals surface area contributed by atoms with Gasteiger partial charge in [-0.2, -0.15) is 5.10 Å². The molecule has 2 atom stereocenters. The van der Waals surface area contributed by atoms with E-state index >= 15 is 0 Å². The third-order valence-electron chi connectivity index (χ3n) is 4.35. The van der Waals surface area contributed by atoms with Gasteiger partial charge in [0.05, 0.1) is 24.0 Å². The van der Waals surface area contributed by atoms with Gasteiger partial charge in [0.15, 0.2) is 5.75 Å². The van der Waals surface area contributed by atoms with Crippen LogP contribution in [-0.2, 0) is 6.54 Å². The number of ether oxygens (including phenoxy) is 1. The molecule has 1 saturated carbocycles. The molecule has 1 amide bonds. The first-order valence-corrected chi connectivity index (χ1v) is 8.26. The van der Waals surface area contributed by atoms with Gasteiger partial charge in [-0.25, -0.2) is 0 Å². The highest BCUT2D eigenvalue weighted by Crippen LogP contribution is 2.25. The van der Waals surface area contributed by atoms with Crippen LogP contribution in [-0.4, -0.2) is 32.8 Å². The zero-order valence-electron chi connectivity index (χ0n) is 13.9. The highest BCUT2D eigenvalue weighted by Gasteiger charge is 2.31. The van der Waals surface area contributed by atoms with Crippen molar-refractivity contribution in [2.75, 3.05) is 0 Å². The van der Waals surface area contributed by atoms with Crippen LogP contribution >= 0.6 is 0 Å². The molecule has 7 nitrogen and oxygen atoms in total. The zero-order chi connectivity index (χ0) is 17.1. The van der Waals surface area contributed by atoms with E-state index < -0.39 is 0 Å². The molecule has 128 valence electrons. The van der Waals surface area contributed by atoms with Crippen LogP contribution in [0.5, 0.6) is 5.75 Å². The standard InChI is InChI=1S/C17H22N4O3/c1-3-21-10-12(9-18-21)24-15-6-4-5-14(15)20-17(23)13-7-8-16(22)19-11(13)2/h7-10,14-15H,3-6H2,1-2H3,(H,19,22)(H,20,23)/t14-,15+/m0/s1. The first kappa shape index (κ1) is 16.3. The number of hydrogen-bond donors (Lipinski definition) is 2. The van der Waals surface area contributed by atoms with Crippen LogP contribution < -0.4 is 15.6 Å². The summed E-state index contributed by atoms with van der Waals surface area (Å²) in [6, 6.07) is 2.87. The predicted molar refractivity (Wildman–Crippen MR) is 89.2 cm³/mol. The summed E-state index contributed by atoms with van der Waals surface area (Å²) >= 11 is 0. The molecule has 1 aliphatic rings. The minimum Gasteiger partial charge on any atom is -0.485 e. The molecular weight excluding hydrogens is 308 g/mol. The summed E-state index contributed by atoms with van der Waals surface area (Å²) < 4.78 is 7.81. The Morgan fingerprint density at radius 2 is 2.29 bits per heavy atom. The van der Waals surface area contributed by atoms with Crippen molar-refractivity contribution in [3.05, 3.63) is 46.1 Å². The molecule has 0 spiro atoms. The number of hydrogen-bond acceptors (Lipinski definition) is 4. The fourth-order valence-electron chi connectivity index (χ4n) is 3.06. The van der Waals surface area contributed by atoms with Gasteiger partial charge < -0.3 is 15.0 Å². The van der Waals surface area contributed by atoms with E-state index in [2.05, 4.69) is 15.4 Å². The minimum atomic E-state index is -0.209. The first-order valence-electron chi connectivity index (χ1n) is 8.26. The largest absolute Gasteiger partial charge is 0.485 e. The van der Waals surface area contributed by atoms with Crippen LogP contribution in [0.3, 0.4) is 0 Å². The Morgan fingerprint density at radius 3 is 3.00 bits per heavy atom. The summed E-state index contributed by atoms with van der Waals surface area (Å²) in [5.41, 5.74) is 0.845. The van der Waals surface area contributed by atoms with E-state index in [0.29, 0.717) is 11.3 Å². The van der Waals surface area contributed by atoms with Crippen LogP contribution in [0.1, 0.15) is 42.2 Å². The Kier molecular flexibility index (Phi) is 4.69. The lowest BCUT2D eigenvalue weighted by molar-refractivity contribution is 0.0893. The van der Waals surface area contributed by atoms with Crippen molar-refractivity contribution in [3.63, 3.8) is 0 Å². The molecule has 0 aliphatic heterocycles. The van der Waals surface area contributed by atoms with Gasteiger partial charge in [0.25, 0.3) is 5.91 Å². The molecule has 1 aliphatic carbocycles. The van der Waals surface area contributed by atoms with Crippen LogP contribution in [0.2, 0.25) is 0 Å². The Morgan fingerprint density at radius 1 is 1.46 bits per heavy atom. The van der Waals surface area contributed by atoms with E-state index in [1.54, 1.807) is 19.2 Å². The summed E-state index contributed by atoms with van der Waals surface area (Å²) in [4.78, 5) is 26.4. The summed E-state index contributed by atoms with van der Waals surface area (Å²) in [6.07, 6.45) is 6.28. The number of rotatable bonds is 5. The van der Waals surface area contributed by atoms with E-state index in [1.165, 1.54) is 6.07 Å². The molecule has 1 fully saturated rings. The van der Waals surface area contributed by atoms with E-state index in [9.17, 15) is 9.59 Å². The van der Waals surface area contributed by atoms with Crippen LogP contribution in [0.25, 0.3) is 0 Å². The smallest absolute Gasteiger partial charge is 0.253 e. The molecule has 2 heterocycles. The first-order chi connectivity index (χ1) is 11.6. The van der Waals surface area contributed by atoms with Crippen LogP contribution in [0.4, 0.5) is 0 Å². The topological polar surface area (TPSA) is 89.0 Å². The van der Waals surface area contributed by atoms with Gasteiger partial charge in [-0.15, -0.1) is 0 Å². The molecule has 2 aromatic heterocycles. The van der Waals surface area contributed by atoms with Gasteiger partial charge in [-0.1, -0.05) is 0 Å². The number of aromatic nitrogens is 3. The van der Waals surface area contributed by atoms with Crippen LogP contribution in [0.15, 0.2) is 29.3 Å². The number of nitrogens with one attached hydrogen (secondary N) is 2. The summed E-state index contributed by atoms with van der Waals surface area (Å²) in [7, 11) is 0. The fourth-order valence-corrected chi connectivity index (χ4v) is 3.06. The second kappa shape index (κ2) is 6.90.